The zero-order chi connectivity index (χ0) is 18.3. The van der Waals surface area contributed by atoms with Crippen molar-refractivity contribution in [3.05, 3.63) is 93.5 Å². The Morgan fingerprint density at radius 3 is 2.42 bits per heavy atom. The van der Waals surface area contributed by atoms with Crippen LogP contribution in [0.5, 0.6) is 0 Å². The Labute approximate surface area is 162 Å². The molecule has 0 aromatic heterocycles. The summed E-state index contributed by atoms with van der Waals surface area (Å²) < 4.78 is 0. The number of carbonyl (C=O) groups is 1. The molecule has 26 heavy (non-hydrogen) atoms. The van der Waals surface area contributed by atoms with Gasteiger partial charge in [-0.1, -0.05) is 47.5 Å². The van der Waals surface area contributed by atoms with Crippen LogP contribution in [0.4, 0.5) is 11.4 Å². The number of halogens is 2. The molecule has 5 heteroatoms. The van der Waals surface area contributed by atoms with Crippen LogP contribution >= 0.6 is 23.2 Å². The van der Waals surface area contributed by atoms with Gasteiger partial charge in [0.05, 0.1) is 0 Å². The Morgan fingerprint density at radius 2 is 1.65 bits per heavy atom. The van der Waals surface area contributed by atoms with Gasteiger partial charge in [0.15, 0.2) is 0 Å². The third-order valence-corrected chi connectivity index (χ3v) is 5.29. The van der Waals surface area contributed by atoms with E-state index in [2.05, 4.69) is 5.32 Å². The largest absolute Gasteiger partial charge is 0.361 e. The van der Waals surface area contributed by atoms with Gasteiger partial charge in [0, 0.05) is 32.5 Å². The second-order valence-corrected chi connectivity index (χ2v) is 7.04. The molecule has 0 unspecified atom stereocenters. The van der Waals surface area contributed by atoms with Gasteiger partial charge < -0.3 is 5.32 Å². The molecule has 1 N–H and O–H groups in total. The minimum atomic E-state index is -0.322. The summed E-state index contributed by atoms with van der Waals surface area (Å²) in [6.45, 7) is 1.96. The average molecular weight is 383 g/mol. The summed E-state index contributed by atoms with van der Waals surface area (Å²) in [5.74, 6) is -0.0416. The van der Waals surface area contributed by atoms with Crippen LogP contribution in [0.1, 0.15) is 27.7 Å². The van der Waals surface area contributed by atoms with E-state index < -0.39 is 0 Å². The number of hydrogen-bond acceptors (Lipinski definition) is 2. The lowest BCUT2D eigenvalue weighted by molar-refractivity contribution is 0.0993. The fraction of sp³-hybridized carbons (Fsp3) is 0.0952. The van der Waals surface area contributed by atoms with Gasteiger partial charge in [-0.3, -0.25) is 9.69 Å². The Hall–Kier alpha value is -2.49. The van der Waals surface area contributed by atoms with E-state index in [0.29, 0.717) is 15.6 Å². The molecule has 0 bridgehead atoms. The van der Waals surface area contributed by atoms with Gasteiger partial charge in [-0.25, -0.2) is 0 Å². The first kappa shape index (κ1) is 17.0. The average Bonchev–Trinajstić information content (AvgIpc) is 2.92. The van der Waals surface area contributed by atoms with Crippen molar-refractivity contribution in [3.8, 4) is 0 Å². The fourth-order valence-electron chi connectivity index (χ4n) is 3.24. The lowest BCUT2D eigenvalue weighted by Gasteiger charge is -2.28. The summed E-state index contributed by atoms with van der Waals surface area (Å²) in [6.07, 6.45) is -0.322. The maximum Gasteiger partial charge on any atom is 0.260 e. The minimum absolute atomic E-state index is 0.0416. The predicted octanol–water partition coefficient (Wildman–Crippen LogP) is 6.07. The molecule has 3 aromatic rings. The maximum absolute atomic E-state index is 13.1. The summed E-state index contributed by atoms with van der Waals surface area (Å²) in [6, 6.07) is 20.6. The molecule has 0 fully saturated rings. The van der Waals surface area contributed by atoms with Gasteiger partial charge >= 0.3 is 0 Å². The number of fused-ring (bicyclic) bond motifs is 1. The molecule has 0 spiro atoms. The molecule has 3 aromatic carbocycles. The minimum Gasteiger partial charge on any atom is -0.361 e. The summed E-state index contributed by atoms with van der Waals surface area (Å²) >= 11 is 12.3. The van der Waals surface area contributed by atoms with E-state index in [-0.39, 0.29) is 12.1 Å². The summed E-state index contributed by atoms with van der Waals surface area (Å²) in [5, 5.41) is 4.81. The molecule has 1 aliphatic heterocycles. The zero-order valence-electron chi connectivity index (χ0n) is 14.0. The molecule has 1 amide bonds. The number of nitrogens with one attached hydrogen (secondary N) is 1. The first-order valence-corrected chi connectivity index (χ1v) is 9.01. The molecule has 0 saturated carbocycles. The molecule has 0 saturated heterocycles. The normalized spacial score (nSPS) is 15.9. The van der Waals surface area contributed by atoms with Crippen LogP contribution in [-0.2, 0) is 0 Å². The first-order chi connectivity index (χ1) is 12.6. The molecule has 1 heterocycles. The molecule has 0 radical (unpaired) electrons. The number of benzene rings is 3. The number of rotatable bonds is 3. The predicted molar refractivity (Wildman–Crippen MR) is 107 cm³/mol. The second-order valence-electron chi connectivity index (χ2n) is 6.20. The highest BCUT2D eigenvalue weighted by Crippen LogP contribution is 2.39. The van der Waals surface area contributed by atoms with Crippen molar-refractivity contribution in [2.75, 3.05) is 10.2 Å². The molecular weight excluding hydrogens is 367 g/mol. The van der Waals surface area contributed by atoms with Gasteiger partial charge in [-0.2, -0.15) is 0 Å². The van der Waals surface area contributed by atoms with Crippen LogP contribution in [0.3, 0.4) is 0 Å². The van der Waals surface area contributed by atoms with Crippen molar-refractivity contribution >= 4 is 40.5 Å². The lowest BCUT2D eigenvalue weighted by atomic mass is 10.1. The zero-order valence-corrected chi connectivity index (χ0v) is 15.6. The highest BCUT2D eigenvalue weighted by Gasteiger charge is 2.37. The molecule has 4 rings (SSSR count). The van der Waals surface area contributed by atoms with E-state index in [1.54, 1.807) is 17.0 Å². The third kappa shape index (κ3) is 2.83. The van der Waals surface area contributed by atoms with Crippen LogP contribution < -0.4 is 10.2 Å². The van der Waals surface area contributed by atoms with E-state index in [0.717, 1.165) is 22.5 Å². The van der Waals surface area contributed by atoms with Crippen LogP contribution in [0, 0.1) is 6.92 Å². The Bertz CT molecular complexity index is 986. The van der Waals surface area contributed by atoms with Gasteiger partial charge in [0.1, 0.15) is 6.17 Å². The first-order valence-electron chi connectivity index (χ1n) is 8.26. The second kappa shape index (κ2) is 6.67. The Balaban J connectivity index is 1.81. The number of carbonyl (C=O) groups excluding carboxylic acids is 1. The highest BCUT2D eigenvalue weighted by atomic mass is 35.5. The Morgan fingerprint density at radius 1 is 0.923 bits per heavy atom. The van der Waals surface area contributed by atoms with Gasteiger partial charge in [-0.05, 0) is 55.0 Å². The van der Waals surface area contributed by atoms with Gasteiger partial charge in [-0.15, -0.1) is 0 Å². The monoisotopic (exact) mass is 382 g/mol. The highest BCUT2D eigenvalue weighted by molar-refractivity contribution is 6.31. The topological polar surface area (TPSA) is 32.3 Å². The maximum atomic E-state index is 13.1. The Kier molecular flexibility index (Phi) is 4.35. The fourth-order valence-corrected chi connectivity index (χ4v) is 3.54. The molecule has 130 valence electrons. The van der Waals surface area contributed by atoms with E-state index in [1.165, 1.54) is 0 Å². The van der Waals surface area contributed by atoms with Crippen LogP contribution in [0.15, 0.2) is 66.7 Å². The van der Waals surface area contributed by atoms with E-state index in [9.17, 15) is 4.79 Å². The third-order valence-electron chi connectivity index (χ3n) is 4.63. The quantitative estimate of drug-likeness (QED) is 0.595. The van der Waals surface area contributed by atoms with Gasteiger partial charge in [0.2, 0.25) is 0 Å². The number of hydrogen-bond donors (Lipinski definition) is 1. The number of anilines is 2. The van der Waals surface area contributed by atoms with Crippen molar-refractivity contribution in [2.24, 2.45) is 0 Å². The molecule has 1 aliphatic rings. The SMILES string of the molecule is Cc1c(Cl)cccc1N[C@@H]1c2ccccc2C(=O)N1c1ccc(Cl)cc1. The smallest absolute Gasteiger partial charge is 0.260 e. The lowest BCUT2D eigenvalue weighted by Crippen LogP contribution is -2.32. The van der Waals surface area contributed by atoms with Crippen molar-refractivity contribution in [3.63, 3.8) is 0 Å². The van der Waals surface area contributed by atoms with Crippen molar-refractivity contribution in [2.45, 2.75) is 13.1 Å². The summed E-state index contributed by atoms with van der Waals surface area (Å²) in [7, 11) is 0. The van der Waals surface area contributed by atoms with E-state index in [1.807, 2.05) is 61.5 Å². The summed E-state index contributed by atoms with van der Waals surface area (Å²) in [4.78, 5) is 14.8. The van der Waals surface area contributed by atoms with Crippen molar-refractivity contribution < 1.29 is 4.79 Å². The van der Waals surface area contributed by atoms with E-state index in [4.69, 9.17) is 23.2 Å². The van der Waals surface area contributed by atoms with Crippen LogP contribution in [-0.4, -0.2) is 5.91 Å². The molecule has 3 nitrogen and oxygen atoms in total. The van der Waals surface area contributed by atoms with Crippen LogP contribution in [0.25, 0.3) is 0 Å². The molecular formula is C21H16Cl2N2O. The summed E-state index contributed by atoms with van der Waals surface area (Å²) in [5.41, 5.74) is 4.26. The molecule has 0 aliphatic carbocycles. The standard InChI is InChI=1S/C21H16Cl2N2O/c1-13-18(23)7-4-8-19(13)24-20-16-5-2-3-6-17(16)21(26)25(20)15-11-9-14(22)10-12-15/h2-12,20,24H,1H3/t20-/m0/s1. The number of nitrogens with zero attached hydrogens (tertiary/aromatic N) is 1. The van der Waals surface area contributed by atoms with Crippen molar-refractivity contribution in [1.82, 2.24) is 0 Å². The van der Waals surface area contributed by atoms with E-state index >= 15 is 0 Å². The number of amides is 1. The molecule has 1 atom stereocenters. The van der Waals surface area contributed by atoms with Crippen LogP contribution in [0.2, 0.25) is 10.0 Å². The van der Waals surface area contributed by atoms with Crippen molar-refractivity contribution in [1.29, 1.82) is 0 Å². The van der Waals surface area contributed by atoms with Gasteiger partial charge in [0.25, 0.3) is 5.91 Å².